The quantitative estimate of drug-likeness (QED) is 0.513. The van der Waals surface area contributed by atoms with Gasteiger partial charge in [0.15, 0.2) is 0 Å². The molecule has 0 bridgehead atoms. The van der Waals surface area contributed by atoms with Gasteiger partial charge in [-0.25, -0.2) is 22.1 Å². The molecule has 0 aliphatic carbocycles. The molecule has 1 heterocycles. The Morgan fingerprint density at radius 1 is 1.15 bits per heavy atom. The highest BCUT2D eigenvalue weighted by Crippen LogP contribution is 2.22. The van der Waals surface area contributed by atoms with Crippen LogP contribution < -0.4 is 5.32 Å². The number of halogens is 1. The van der Waals surface area contributed by atoms with Crippen molar-refractivity contribution in [2.75, 3.05) is 34.7 Å². The molecule has 8 nitrogen and oxygen atoms in total. The van der Waals surface area contributed by atoms with Gasteiger partial charge in [-0.3, -0.25) is 4.79 Å². The number of hydrogen-bond donors (Lipinski definition) is 1. The second kappa shape index (κ2) is 9.98. The summed E-state index contributed by atoms with van der Waals surface area (Å²) in [6.07, 6.45) is 0.628. The Kier molecular flexibility index (Phi) is 7.51. The molecular weight excluding hydrogens is 445 g/mol. The van der Waals surface area contributed by atoms with Gasteiger partial charge in [0.25, 0.3) is 0 Å². The number of amides is 1. The van der Waals surface area contributed by atoms with Crippen molar-refractivity contribution in [2.45, 2.75) is 23.8 Å². The van der Waals surface area contributed by atoms with Crippen molar-refractivity contribution in [3.8, 4) is 0 Å². The largest absolute Gasteiger partial charge is 0.354 e. The maximum Gasteiger partial charge on any atom is 0.242 e. The Morgan fingerprint density at radius 2 is 1.88 bits per heavy atom. The van der Waals surface area contributed by atoms with Crippen LogP contribution in [0.3, 0.4) is 0 Å². The fourth-order valence-electron chi connectivity index (χ4n) is 3.66. The molecule has 1 atom stereocenters. The van der Waals surface area contributed by atoms with Crippen LogP contribution in [0.2, 0.25) is 0 Å². The molecule has 33 heavy (non-hydrogen) atoms. The van der Waals surface area contributed by atoms with E-state index in [0.29, 0.717) is 24.3 Å². The summed E-state index contributed by atoms with van der Waals surface area (Å²) < 4.78 is 41.4. The first kappa shape index (κ1) is 24.8. The second-order valence-electron chi connectivity index (χ2n) is 8.36. The van der Waals surface area contributed by atoms with Gasteiger partial charge >= 0.3 is 0 Å². The fourth-order valence-corrected chi connectivity index (χ4v) is 4.58. The fraction of sp³-hybridized carbons (Fsp3) is 0.391. The third-order valence-corrected chi connectivity index (χ3v) is 7.46. The molecule has 1 unspecified atom stereocenters. The molecule has 10 heteroatoms. The summed E-state index contributed by atoms with van der Waals surface area (Å²) in [7, 11) is 5.02. The highest BCUT2D eigenvalue weighted by molar-refractivity contribution is 7.89. The lowest BCUT2D eigenvalue weighted by atomic mass is 10.1. The first-order chi connectivity index (χ1) is 15.5. The minimum absolute atomic E-state index is 0.138. The van der Waals surface area contributed by atoms with Crippen molar-refractivity contribution >= 4 is 27.0 Å². The van der Waals surface area contributed by atoms with E-state index in [1.807, 2.05) is 36.7 Å². The van der Waals surface area contributed by atoms with Crippen molar-refractivity contribution < 1.29 is 17.6 Å². The molecule has 3 rings (SSSR count). The number of nitrogens with zero attached hydrogens (tertiary/aromatic N) is 4. The zero-order valence-electron chi connectivity index (χ0n) is 19.5. The molecule has 3 aromatic rings. The van der Waals surface area contributed by atoms with E-state index in [0.717, 1.165) is 15.4 Å². The van der Waals surface area contributed by atoms with Crippen LogP contribution in [0.15, 0.2) is 47.4 Å². The van der Waals surface area contributed by atoms with Gasteiger partial charge in [0, 0.05) is 40.5 Å². The first-order valence-electron chi connectivity index (χ1n) is 10.6. The minimum Gasteiger partial charge on any atom is -0.354 e. The van der Waals surface area contributed by atoms with E-state index >= 15 is 0 Å². The summed E-state index contributed by atoms with van der Waals surface area (Å²) in [6, 6.07) is 11.0. The average Bonchev–Trinajstić information content (AvgIpc) is 3.07. The van der Waals surface area contributed by atoms with Gasteiger partial charge in [-0.05, 0) is 50.0 Å². The minimum atomic E-state index is -3.55. The van der Waals surface area contributed by atoms with Gasteiger partial charge in [0.05, 0.1) is 22.0 Å². The number of aryl methyl sites for hydroxylation is 2. The third kappa shape index (κ3) is 5.58. The highest BCUT2D eigenvalue weighted by Gasteiger charge is 2.20. The molecule has 178 valence electrons. The zero-order valence-corrected chi connectivity index (χ0v) is 20.4. The van der Waals surface area contributed by atoms with Crippen molar-refractivity contribution in [3.05, 3.63) is 59.7 Å². The molecule has 1 aromatic heterocycles. The van der Waals surface area contributed by atoms with E-state index in [9.17, 15) is 17.6 Å². The van der Waals surface area contributed by atoms with Crippen LogP contribution in [0.4, 0.5) is 4.39 Å². The van der Waals surface area contributed by atoms with Crippen molar-refractivity contribution in [2.24, 2.45) is 7.05 Å². The number of aromatic nitrogens is 2. The molecule has 0 saturated heterocycles. The predicted molar refractivity (Wildman–Crippen MR) is 126 cm³/mol. The maximum absolute atomic E-state index is 13.6. The first-order valence-corrected chi connectivity index (χ1v) is 12.0. The number of carbonyl (C=O) groups excluding carboxylic acids is 1. The topological polar surface area (TPSA) is 87.5 Å². The molecule has 0 fully saturated rings. The summed E-state index contributed by atoms with van der Waals surface area (Å²) in [5.41, 5.74) is 2.15. The van der Waals surface area contributed by atoms with Crippen molar-refractivity contribution in [1.82, 2.24) is 24.1 Å². The molecule has 1 N–H and O–H groups in total. The van der Waals surface area contributed by atoms with Gasteiger partial charge in [-0.1, -0.05) is 12.1 Å². The Morgan fingerprint density at radius 3 is 2.52 bits per heavy atom. The van der Waals surface area contributed by atoms with Crippen LogP contribution in [0.5, 0.6) is 0 Å². The van der Waals surface area contributed by atoms with E-state index in [4.69, 9.17) is 0 Å². The van der Waals surface area contributed by atoms with E-state index in [1.54, 1.807) is 24.3 Å². The molecule has 0 saturated carbocycles. The normalized spacial score (nSPS) is 13.1. The lowest BCUT2D eigenvalue weighted by Gasteiger charge is -2.25. The van der Waals surface area contributed by atoms with Gasteiger partial charge in [-0.15, -0.1) is 0 Å². The lowest BCUT2D eigenvalue weighted by Crippen LogP contribution is -2.34. The van der Waals surface area contributed by atoms with Crippen LogP contribution >= 0.6 is 0 Å². The van der Waals surface area contributed by atoms with Crippen LogP contribution in [-0.4, -0.2) is 67.8 Å². The zero-order chi connectivity index (χ0) is 24.3. The number of benzene rings is 2. The van der Waals surface area contributed by atoms with Gasteiger partial charge in [0.1, 0.15) is 11.6 Å². The van der Waals surface area contributed by atoms with Crippen LogP contribution in [0.25, 0.3) is 11.0 Å². The molecule has 0 aliphatic heterocycles. The number of hydrogen-bond acceptors (Lipinski definition) is 5. The number of imidazole rings is 1. The Balaban J connectivity index is 1.67. The molecule has 0 radical (unpaired) electrons. The second-order valence-corrected chi connectivity index (χ2v) is 10.5. The van der Waals surface area contributed by atoms with E-state index < -0.39 is 10.0 Å². The van der Waals surface area contributed by atoms with Gasteiger partial charge in [-0.2, -0.15) is 0 Å². The summed E-state index contributed by atoms with van der Waals surface area (Å²) >= 11 is 0. The molecule has 0 aliphatic rings. The number of carbonyl (C=O) groups is 1. The van der Waals surface area contributed by atoms with E-state index in [-0.39, 0.29) is 29.1 Å². The summed E-state index contributed by atoms with van der Waals surface area (Å²) in [4.78, 5) is 19.2. The maximum atomic E-state index is 13.6. The van der Waals surface area contributed by atoms with Crippen LogP contribution in [0, 0.1) is 5.82 Å². The monoisotopic (exact) mass is 475 g/mol. The average molecular weight is 476 g/mol. The molecular formula is C23H30FN5O3S. The third-order valence-electron chi connectivity index (χ3n) is 5.65. The van der Waals surface area contributed by atoms with E-state index in [1.165, 1.54) is 26.2 Å². The molecule has 2 aromatic carbocycles. The number of rotatable bonds is 9. The smallest absolute Gasteiger partial charge is 0.242 e. The highest BCUT2D eigenvalue weighted by atomic mass is 32.2. The SMILES string of the molecule is CN(C)C(CNC(=O)CCc1nc2cc(S(=O)(=O)N(C)C)ccc2n1C)c1cccc(F)c1. The Hall–Kier alpha value is -2.82. The van der Waals surface area contributed by atoms with Crippen molar-refractivity contribution in [3.63, 3.8) is 0 Å². The number of likely N-dealkylation sites (N-methyl/N-ethyl adjacent to an activating group) is 1. The van der Waals surface area contributed by atoms with E-state index in [2.05, 4.69) is 10.3 Å². The number of fused-ring (bicyclic) bond motifs is 1. The molecule has 0 spiro atoms. The van der Waals surface area contributed by atoms with Gasteiger partial charge < -0.3 is 14.8 Å². The Bertz CT molecular complexity index is 1250. The summed E-state index contributed by atoms with van der Waals surface area (Å²) in [5.74, 6) is 0.240. The van der Waals surface area contributed by atoms with Gasteiger partial charge in [0.2, 0.25) is 15.9 Å². The van der Waals surface area contributed by atoms with Crippen LogP contribution in [0.1, 0.15) is 23.9 Å². The van der Waals surface area contributed by atoms with Crippen molar-refractivity contribution in [1.29, 1.82) is 0 Å². The predicted octanol–water partition coefficient (Wildman–Crippen LogP) is 2.31. The lowest BCUT2D eigenvalue weighted by molar-refractivity contribution is -0.121. The number of sulfonamides is 1. The molecule has 1 amide bonds. The standard InChI is InChI=1S/C23H30FN5O3S/c1-27(2)21(16-7-6-8-17(24)13-16)15-25-23(30)12-11-22-26-19-14-18(33(31,32)28(3)4)9-10-20(19)29(22)5/h6-10,13-14,21H,11-12,15H2,1-5H3,(H,25,30). The summed E-state index contributed by atoms with van der Waals surface area (Å²) in [6.45, 7) is 0.351. The van der Waals surface area contributed by atoms with Crippen LogP contribution in [-0.2, 0) is 28.3 Å². The number of nitrogens with one attached hydrogen (secondary N) is 1. The Labute approximate surface area is 194 Å². The summed E-state index contributed by atoms with van der Waals surface area (Å²) in [5, 5.41) is 2.92.